The van der Waals surface area contributed by atoms with Gasteiger partial charge >= 0.3 is 6.03 Å². The van der Waals surface area contributed by atoms with Gasteiger partial charge in [-0.25, -0.2) is 4.79 Å². The number of amides is 4. The van der Waals surface area contributed by atoms with E-state index in [2.05, 4.69) is 24.5 Å². The number of halogens is 1. The third kappa shape index (κ3) is 5.88. The third-order valence-corrected chi connectivity index (χ3v) is 6.62. The van der Waals surface area contributed by atoms with Crippen molar-refractivity contribution in [3.63, 3.8) is 0 Å². The SMILES string of the molecule is CC1Oc2ccccc2N(CC(=O)N2CCCC(C)(C)C2)C(=O)C1NC(=O)Nc1cccc(Cl)c1. The van der Waals surface area contributed by atoms with Crippen LogP contribution in [0.15, 0.2) is 48.5 Å². The zero-order valence-corrected chi connectivity index (χ0v) is 21.0. The molecule has 1 fully saturated rings. The summed E-state index contributed by atoms with van der Waals surface area (Å²) in [5.41, 5.74) is 1.04. The van der Waals surface area contributed by atoms with Crippen molar-refractivity contribution in [1.82, 2.24) is 10.2 Å². The van der Waals surface area contributed by atoms with E-state index in [4.69, 9.17) is 16.3 Å². The van der Waals surface area contributed by atoms with Crippen LogP contribution in [0.2, 0.25) is 5.02 Å². The number of nitrogens with one attached hydrogen (secondary N) is 2. The van der Waals surface area contributed by atoms with Crippen molar-refractivity contribution in [2.24, 2.45) is 5.41 Å². The summed E-state index contributed by atoms with van der Waals surface area (Å²) >= 11 is 6.00. The summed E-state index contributed by atoms with van der Waals surface area (Å²) in [7, 11) is 0. The second-order valence-corrected chi connectivity index (χ2v) is 10.3. The average Bonchev–Trinajstić information content (AvgIpc) is 2.88. The molecule has 8 nitrogen and oxygen atoms in total. The molecule has 35 heavy (non-hydrogen) atoms. The largest absolute Gasteiger partial charge is 0.486 e. The molecular weight excluding hydrogens is 468 g/mol. The van der Waals surface area contributed by atoms with Gasteiger partial charge in [-0.3, -0.25) is 14.5 Å². The minimum atomic E-state index is -1.01. The van der Waals surface area contributed by atoms with Crippen LogP contribution < -0.4 is 20.3 Å². The molecule has 9 heteroatoms. The molecule has 0 radical (unpaired) electrons. The lowest BCUT2D eigenvalue weighted by atomic mass is 9.84. The predicted molar refractivity (Wildman–Crippen MR) is 136 cm³/mol. The van der Waals surface area contributed by atoms with E-state index < -0.39 is 24.1 Å². The van der Waals surface area contributed by atoms with Gasteiger partial charge in [0.2, 0.25) is 5.91 Å². The zero-order chi connectivity index (χ0) is 25.2. The van der Waals surface area contributed by atoms with Crippen LogP contribution in [0.25, 0.3) is 0 Å². The standard InChI is InChI=1S/C26H31ClN4O4/c1-17-23(29-25(34)28-19-9-6-8-18(27)14-19)24(33)31(20-10-4-5-11-21(20)35-17)15-22(32)30-13-7-12-26(2,3)16-30/h4-6,8-11,14,17,23H,7,12-13,15-16H2,1-3H3,(H2,28,29,34). The van der Waals surface area contributed by atoms with E-state index in [1.54, 1.807) is 49.4 Å². The minimum Gasteiger partial charge on any atom is -0.486 e. The topological polar surface area (TPSA) is 91.0 Å². The molecule has 2 aromatic rings. The maximum atomic E-state index is 13.7. The van der Waals surface area contributed by atoms with Crippen molar-refractivity contribution >= 4 is 40.8 Å². The Kier molecular flexibility index (Phi) is 7.21. The lowest BCUT2D eigenvalue weighted by Gasteiger charge is -2.39. The number of rotatable bonds is 4. The van der Waals surface area contributed by atoms with Gasteiger partial charge in [-0.15, -0.1) is 0 Å². The summed E-state index contributed by atoms with van der Waals surface area (Å²) in [5, 5.41) is 5.89. The number of nitrogens with zero attached hydrogens (tertiary/aromatic N) is 2. The van der Waals surface area contributed by atoms with E-state index in [0.717, 1.165) is 12.8 Å². The van der Waals surface area contributed by atoms with E-state index in [0.29, 0.717) is 35.2 Å². The van der Waals surface area contributed by atoms with Crippen LogP contribution in [-0.4, -0.2) is 54.5 Å². The van der Waals surface area contributed by atoms with Gasteiger partial charge in [-0.2, -0.15) is 0 Å². The number of anilines is 2. The van der Waals surface area contributed by atoms with Crippen LogP contribution in [0.5, 0.6) is 5.75 Å². The van der Waals surface area contributed by atoms with Gasteiger partial charge in [-0.1, -0.05) is 43.6 Å². The molecule has 4 rings (SSSR count). The highest BCUT2D eigenvalue weighted by molar-refractivity contribution is 6.30. The Bertz CT molecular complexity index is 1120. The number of fused-ring (bicyclic) bond motifs is 1. The number of carbonyl (C=O) groups is 3. The Morgan fingerprint density at radius 3 is 2.69 bits per heavy atom. The second-order valence-electron chi connectivity index (χ2n) is 9.88. The fraction of sp³-hybridized carbons (Fsp3) is 0.423. The van der Waals surface area contributed by atoms with E-state index >= 15 is 0 Å². The molecule has 0 aliphatic carbocycles. The van der Waals surface area contributed by atoms with Crippen molar-refractivity contribution in [2.45, 2.75) is 45.8 Å². The number of para-hydroxylation sites is 2. The molecule has 0 saturated carbocycles. The number of urea groups is 1. The average molecular weight is 499 g/mol. The third-order valence-electron chi connectivity index (χ3n) is 6.39. The van der Waals surface area contributed by atoms with Crippen molar-refractivity contribution < 1.29 is 19.1 Å². The summed E-state index contributed by atoms with van der Waals surface area (Å²) < 4.78 is 6.05. The first-order valence-corrected chi connectivity index (χ1v) is 12.2. The fourth-order valence-corrected chi connectivity index (χ4v) is 4.81. The number of hydrogen-bond donors (Lipinski definition) is 2. The smallest absolute Gasteiger partial charge is 0.320 e. The van der Waals surface area contributed by atoms with Crippen LogP contribution in [0.4, 0.5) is 16.2 Å². The van der Waals surface area contributed by atoms with E-state index in [-0.39, 0.29) is 17.9 Å². The number of piperidine rings is 1. The van der Waals surface area contributed by atoms with Gasteiger partial charge in [-0.05, 0) is 55.5 Å². The Hall–Kier alpha value is -3.26. The van der Waals surface area contributed by atoms with Crippen LogP contribution in [0.3, 0.4) is 0 Å². The van der Waals surface area contributed by atoms with Gasteiger partial charge < -0.3 is 20.3 Å². The lowest BCUT2D eigenvalue weighted by molar-refractivity contribution is -0.134. The molecule has 2 unspecified atom stereocenters. The highest BCUT2D eigenvalue weighted by Crippen LogP contribution is 2.34. The Morgan fingerprint density at radius 2 is 1.94 bits per heavy atom. The number of ether oxygens (including phenoxy) is 1. The Labute approximate surface area is 210 Å². The molecule has 0 spiro atoms. The summed E-state index contributed by atoms with van der Waals surface area (Å²) in [6, 6.07) is 12.2. The Balaban J connectivity index is 1.55. The number of benzene rings is 2. The molecule has 2 aliphatic rings. The maximum Gasteiger partial charge on any atom is 0.320 e. The van der Waals surface area contributed by atoms with Crippen LogP contribution in [-0.2, 0) is 9.59 Å². The molecule has 2 atom stereocenters. The van der Waals surface area contributed by atoms with Gasteiger partial charge in [0, 0.05) is 23.8 Å². The van der Waals surface area contributed by atoms with E-state index in [1.165, 1.54) is 4.90 Å². The number of carbonyl (C=O) groups excluding carboxylic acids is 3. The van der Waals surface area contributed by atoms with E-state index in [1.807, 2.05) is 11.0 Å². The Morgan fingerprint density at radius 1 is 1.17 bits per heavy atom. The molecule has 2 aliphatic heterocycles. The quantitative estimate of drug-likeness (QED) is 0.657. The maximum absolute atomic E-state index is 13.7. The first kappa shape index (κ1) is 24.9. The van der Waals surface area contributed by atoms with Gasteiger partial charge in [0.1, 0.15) is 24.4 Å². The number of likely N-dealkylation sites (tertiary alicyclic amines) is 1. The van der Waals surface area contributed by atoms with Crippen molar-refractivity contribution in [3.05, 3.63) is 53.6 Å². The van der Waals surface area contributed by atoms with Gasteiger partial charge in [0.25, 0.3) is 5.91 Å². The molecule has 2 N–H and O–H groups in total. The molecule has 0 bridgehead atoms. The number of hydrogen-bond acceptors (Lipinski definition) is 4. The molecule has 4 amide bonds. The first-order chi connectivity index (χ1) is 16.6. The first-order valence-electron chi connectivity index (χ1n) is 11.8. The van der Waals surface area contributed by atoms with Crippen molar-refractivity contribution in [3.8, 4) is 5.75 Å². The minimum absolute atomic E-state index is 0.0365. The van der Waals surface area contributed by atoms with Gasteiger partial charge in [0.15, 0.2) is 0 Å². The molecular formula is C26H31ClN4O4. The molecule has 1 saturated heterocycles. The van der Waals surface area contributed by atoms with Crippen molar-refractivity contribution in [2.75, 3.05) is 29.9 Å². The molecule has 2 aromatic carbocycles. The molecule has 2 heterocycles. The van der Waals surface area contributed by atoms with E-state index in [9.17, 15) is 14.4 Å². The van der Waals surface area contributed by atoms with Crippen LogP contribution >= 0.6 is 11.6 Å². The van der Waals surface area contributed by atoms with Gasteiger partial charge in [0.05, 0.1) is 5.69 Å². The summed E-state index contributed by atoms with van der Waals surface area (Å²) in [6.07, 6.45) is 1.32. The highest BCUT2D eigenvalue weighted by atomic mass is 35.5. The summed E-state index contributed by atoms with van der Waals surface area (Å²) in [5.74, 6) is -0.0504. The summed E-state index contributed by atoms with van der Waals surface area (Å²) in [6.45, 7) is 7.20. The van der Waals surface area contributed by atoms with Crippen LogP contribution in [0.1, 0.15) is 33.6 Å². The summed E-state index contributed by atoms with van der Waals surface area (Å²) in [4.78, 5) is 43.0. The molecule has 0 aromatic heterocycles. The predicted octanol–water partition coefficient (Wildman–Crippen LogP) is 4.29. The second kappa shape index (κ2) is 10.2. The normalized spacial score (nSPS) is 21.4. The van der Waals surface area contributed by atoms with Crippen LogP contribution in [0, 0.1) is 5.41 Å². The molecule has 186 valence electrons. The zero-order valence-electron chi connectivity index (χ0n) is 20.2. The van der Waals surface area contributed by atoms with Crippen molar-refractivity contribution in [1.29, 1.82) is 0 Å². The lowest BCUT2D eigenvalue weighted by Crippen LogP contribution is -2.56. The highest BCUT2D eigenvalue weighted by Gasteiger charge is 2.39. The fourth-order valence-electron chi connectivity index (χ4n) is 4.62. The monoisotopic (exact) mass is 498 g/mol.